The number of tetrazole rings is 1. The SMILES string of the molecule is CC(C)c1cc(-c2nnnn2C)cc2c1c(Sc1ccc(Cl)cc1)c1n2CCC1C(C)C(=O)O. The van der Waals surface area contributed by atoms with E-state index >= 15 is 0 Å². The summed E-state index contributed by atoms with van der Waals surface area (Å²) in [6.45, 7) is 6.97. The van der Waals surface area contributed by atoms with E-state index in [1.807, 2.05) is 38.2 Å². The summed E-state index contributed by atoms with van der Waals surface area (Å²) in [7, 11) is 1.84. The maximum absolute atomic E-state index is 12.0. The number of aliphatic carboxylic acids is 1. The van der Waals surface area contributed by atoms with E-state index in [4.69, 9.17) is 11.6 Å². The number of aromatic nitrogens is 5. The van der Waals surface area contributed by atoms with Crippen LogP contribution in [0.5, 0.6) is 0 Å². The van der Waals surface area contributed by atoms with Gasteiger partial charge in [-0.2, -0.15) is 0 Å². The summed E-state index contributed by atoms with van der Waals surface area (Å²) in [6.07, 6.45) is 0.805. The molecule has 3 heterocycles. The van der Waals surface area contributed by atoms with E-state index in [2.05, 4.69) is 46.1 Å². The second kappa shape index (κ2) is 8.74. The highest BCUT2D eigenvalue weighted by Crippen LogP contribution is 2.50. The number of carboxylic acids is 1. The Kier molecular flexibility index (Phi) is 5.90. The van der Waals surface area contributed by atoms with Gasteiger partial charge in [0.05, 0.1) is 11.4 Å². The molecule has 0 radical (unpaired) electrons. The van der Waals surface area contributed by atoms with Gasteiger partial charge in [-0.25, -0.2) is 4.68 Å². The molecule has 176 valence electrons. The van der Waals surface area contributed by atoms with Crippen LogP contribution in [0, 0.1) is 5.92 Å². The maximum atomic E-state index is 12.0. The lowest BCUT2D eigenvalue weighted by Gasteiger charge is -2.17. The molecule has 1 aliphatic rings. The summed E-state index contributed by atoms with van der Waals surface area (Å²) in [6, 6.07) is 12.1. The van der Waals surface area contributed by atoms with Crippen LogP contribution in [-0.2, 0) is 18.4 Å². The number of hydrogen-bond acceptors (Lipinski definition) is 5. The van der Waals surface area contributed by atoms with Gasteiger partial charge in [-0.1, -0.05) is 44.1 Å². The van der Waals surface area contributed by atoms with Crippen LogP contribution < -0.4 is 0 Å². The molecule has 0 saturated carbocycles. The normalized spacial score (nSPS) is 16.4. The summed E-state index contributed by atoms with van der Waals surface area (Å²) in [4.78, 5) is 14.2. The first-order valence-electron chi connectivity index (χ1n) is 11.3. The predicted octanol–water partition coefficient (Wildman–Crippen LogP) is 5.97. The van der Waals surface area contributed by atoms with Gasteiger partial charge in [0, 0.05) is 51.0 Å². The number of benzene rings is 2. The van der Waals surface area contributed by atoms with Crippen molar-refractivity contribution in [1.29, 1.82) is 0 Å². The van der Waals surface area contributed by atoms with Gasteiger partial charge in [0.15, 0.2) is 5.82 Å². The van der Waals surface area contributed by atoms with Gasteiger partial charge in [-0.15, -0.1) is 5.10 Å². The first kappa shape index (κ1) is 22.9. The van der Waals surface area contributed by atoms with E-state index in [1.54, 1.807) is 16.4 Å². The standard InChI is InChI=1S/C25H26ClN5O2S/c1-13(2)19-11-15(24-27-28-29-30(24)4)12-20-21(19)23(34-17-7-5-16(26)6-8-17)22-18(9-10-31(20)22)14(3)25(32)33/h5-8,11-14,18H,9-10H2,1-4H3,(H,32,33). The Hall–Kier alpha value is -2.84. The maximum Gasteiger partial charge on any atom is 0.306 e. The second-order valence-electron chi connectivity index (χ2n) is 9.18. The summed E-state index contributed by atoms with van der Waals surface area (Å²) in [5, 5.41) is 23.8. The molecule has 0 spiro atoms. The molecule has 0 amide bonds. The number of nitrogens with zero attached hydrogens (tertiary/aromatic N) is 5. The van der Waals surface area contributed by atoms with Crippen molar-refractivity contribution in [2.75, 3.05) is 0 Å². The number of rotatable bonds is 6. The molecular formula is C25H26ClN5O2S. The quantitative estimate of drug-likeness (QED) is 0.354. The minimum Gasteiger partial charge on any atom is -0.481 e. The van der Waals surface area contributed by atoms with E-state index in [1.165, 1.54) is 10.9 Å². The van der Waals surface area contributed by atoms with Crippen LogP contribution in [-0.4, -0.2) is 35.9 Å². The van der Waals surface area contributed by atoms with Crippen molar-refractivity contribution in [3.8, 4) is 11.4 Å². The van der Waals surface area contributed by atoms with Crippen LogP contribution in [0.3, 0.4) is 0 Å². The molecule has 2 unspecified atom stereocenters. The molecule has 1 N–H and O–H groups in total. The van der Waals surface area contributed by atoms with Gasteiger partial charge in [-0.3, -0.25) is 4.79 Å². The van der Waals surface area contributed by atoms with Crippen molar-refractivity contribution in [3.63, 3.8) is 0 Å². The Morgan fingerprint density at radius 1 is 1.21 bits per heavy atom. The van der Waals surface area contributed by atoms with Crippen molar-refractivity contribution >= 4 is 40.2 Å². The van der Waals surface area contributed by atoms with Crippen LogP contribution in [0.15, 0.2) is 46.2 Å². The molecule has 0 saturated heterocycles. The lowest BCUT2D eigenvalue weighted by atomic mass is 9.89. The number of hydrogen-bond donors (Lipinski definition) is 1. The highest BCUT2D eigenvalue weighted by molar-refractivity contribution is 7.99. The molecule has 7 nitrogen and oxygen atoms in total. The zero-order valence-electron chi connectivity index (χ0n) is 19.5. The van der Waals surface area contributed by atoms with Crippen molar-refractivity contribution in [2.45, 2.75) is 55.4 Å². The first-order chi connectivity index (χ1) is 16.3. The van der Waals surface area contributed by atoms with Gasteiger partial charge >= 0.3 is 5.97 Å². The third-order valence-corrected chi connectivity index (χ3v) is 8.11. The third-order valence-electron chi connectivity index (χ3n) is 6.73. The second-order valence-corrected chi connectivity index (χ2v) is 10.7. The Labute approximate surface area is 207 Å². The molecule has 1 aliphatic heterocycles. The third kappa shape index (κ3) is 3.79. The van der Waals surface area contributed by atoms with Gasteiger partial charge < -0.3 is 9.67 Å². The number of carboxylic acid groups (broad SMARTS) is 1. The molecule has 9 heteroatoms. The first-order valence-corrected chi connectivity index (χ1v) is 12.5. The molecular weight excluding hydrogens is 470 g/mol. The molecule has 0 fully saturated rings. The van der Waals surface area contributed by atoms with Gasteiger partial charge in [0.1, 0.15) is 0 Å². The Balaban J connectivity index is 1.80. The van der Waals surface area contributed by atoms with Crippen LogP contribution in [0.4, 0.5) is 0 Å². The topological polar surface area (TPSA) is 85.8 Å². The molecule has 4 aromatic rings. The van der Waals surface area contributed by atoms with Crippen LogP contribution in [0.2, 0.25) is 5.02 Å². The van der Waals surface area contributed by atoms with Crippen molar-refractivity contribution in [2.24, 2.45) is 13.0 Å². The van der Waals surface area contributed by atoms with Crippen LogP contribution >= 0.6 is 23.4 Å². The average molecular weight is 496 g/mol. The smallest absolute Gasteiger partial charge is 0.306 e. The van der Waals surface area contributed by atoms with E-state index in [-0.39, 0.29) is 11.8 Å². The van der Waals surface area contributed by atoms with Gasteiger partial charge in [0.2, 0.25) is 0 Å². The van der Waals surface area contributed by atoms with Crippen molar-refractivity contribution < 1.29 is 9.90 Å². The van der Waals surface area contributed by atoms with Gasteiger partial charge in [0.25, 0.3) is 0 Å². The van der Waals surface area contributed by atoms with E-state index in [0.717, 1.165) is 39.5 Å². The van der Waals surface area contributed by atoms with E-state index in [9.17, 15) is 9.90 Å². The summed E-state index contributed by atoms with van der Waals surface area (Å²) >= 11 is 7.82. The lowest BCUT2D eigenvalue weighted by Crippen LogP contribution is -2.17. The molecule has 0 aliphatic carbocycles. The van der Waals surface area contributed by atoms with E-state index in [0.29, 0.717) is 10.8 Å². The summed E-state index contributed by atoms with van der Waals surface area (Å²) in [5.41, 5.74) is 4.38. The number of halogens is 1. The van der Waals surface area contributed by atoms with E-state index < -0.39 is 11.9 Å². The Morgan fingerprint density at radius 3 is 2.56 bits per heavy atom. The minimum absolute atomic E-state index is 0.0559. The predicted molar refractivity (Wildman–Crippen MR) is 134 cm³/mol. The Bertz CT molecular complexity index is 1390. The molecule has 2 aromatic heterocycles. The van der Waals surface area contributed by atoms with Crippen molar-refractivity contribution in [1.82, 2.24) is 24.8 Å². The molecule has 0 bridgehead atoms. The minimum atomic E-state index is -0.763. The Morgan fingerprint density at radius 2 is 1.94 bits per heavy atom. The fourth-order valence-corrected chi connectivity index (χ4v) is 6.27. The molecule has 2 atom stereocenters. The number of aryl methyl sites for hydroxylation is 2. The molecule has 2 aromatic carbocycles. The average Bonchev–Trinajstić information content (AvgIpc) is 3.50. The van der Waals surface area contributed by atoms with Crippen LogP contribution in [0.1, 0.15) is 50.3 Å². The largest absolute Gasteiger partial charge is 0.481 e. The summed E-state index contributed by atoms with van der Waals surface area (Å²) < 4.78 is 3.99. The lowest BCUT2D eigenvalue weighted by molar-refractivity contribution is -0.141. The number of carbonyl (C=O) groups is 1. The van der Waals surface area contributed by atoms with Crippen molar-refractivity contribution in [3.05, 3.63) is 52.7 Å². The highest BCUT2D eigenvalue weighted by atomic mass is 35.5. The monoisotopic (exact) mass is 495 g/mol. The highest BCUT2D eigenvalue weighted by Gasteiger charge is 2.37. The number of fused-ring (bicyclic) bond motifs is 3. The van der Waals surface area contributed by atoms with Gasteiger partial charge in [-0.05, 0) is 64.7 Å². The van der Waals surface area contributed by atoms with Crippen LogP contribution in [0.25, 0.3) is 22.3 Å². The zero-order chi connectivity index (χ0) is 24.1. The summed E-state index contributed by atoms with van der Waals surface area (Å²) in [5.74, 6) is -0.327. The fourth-order valence-electron chi connectivity index (χ4n) is 4.94. The molecule has 34 heavy (non-hydrogen) atoms. The molecule has 5 rings (SSSR count). The zero-order valence-corrected chi connectivity index (χ0v) is 21.1. The fraction of sp³-hybridized carbons (Fsp3) is 0.360.